The van der Waals surface area contributed by atoms with Gasteiger partial charge in [-0.1, -0.05) is 26.7 Å². The average Bonchev–Trinajstić information content (AvgIpc) is 2.86. The lowest BCUT2D eigenvalue weighted by atomic mass is 9.91. The standard InChI is InChI=1S/C14H25NO/c1-14(2,11-16)10-15-9-5-8-13(15)12-6-3-4-7-12/h11-13H,3-10H2,1-2H3. The molecule has 2 aliphatic rings. The molecule has 0 amide bonds. The van der Waals surface area contributed by atoms with Gasteiger partial charge in [-0.3, -0.25) is 4.90 Å². The number of rotatable bonds is 4. The smallest absolute Gasteiger partial charge is 0.126 e. The van der Waals surface area contributed by atoms with E-state index in [9.17, 15) is 4.79 Å². The lowest BCUT2D eigenvalue weighted by Gasteiger charge is -2.33. The Morgan fingerprint density at radius 3 is 2.50 bits per heavy atom. The molecule has 1 saturated carbocycles. The summed E-state index contributed by atoms with van der Waals surface area (Å²) in [4.78, 5) is 13.6. The Hall–Kier alpha value is -0.370. The molecule has 16 heavy (non-hydrogen) atoms. The Kier molecular flexibility index (Phi) is 3.68. The number of aldehydes is 1. The van der Waals surface area contributed by atoms with Gasteiger partial charge < -0.3 is 4.79 Å². The number of carbonyl (C=O) groups excluding carboxylic acids is 1. The topological polar surface area (TPSA) is 20.3 Å². The van der Waals surface area contributed by atoms with Crippen LogP contribution in [0.2, 0.25) is 0 Å². The van der Waals surface area contributed by atoms with E-state index in [2.05, 4.69) is 18.7 Å². The number of likely N-dealkylation sites (tertiary alicyclic amines) is 1. The van der Waals surface area contributed by atoms with Crippen molar-refractivity contribution in [1.29, 1.82) is 0 Å². The average molecular weight is 223 g/mol. The Morgan fingerprint density at radius 2 is 1.88 bits per heavy atom. The minimum Gasteiger partial charge on any atom is -0.303 e. The molecule has 0 radical (unpaired) electrons. The lowest BCUT2D eigenvalue weighted by Crippen LogP contribution is -2.41. The van der Waals surface area contributed by atoms with Crippen molar-refractivity contribution in [3.05, 3.63) is 0 Å². The summed E-state index contributed by atoms with van der Waals surface area (Å²) < 4.78 is 0. The number of carbonyl (C=O) groups is 1. The van der Waals surface area contributed by atoms with Crippen molar-refractivity contribution in [3.8, 4) is 0 Å². The van der Waals surface area contributed by atoms with Gasteiger partial charge in [0.25, 0.3) is 0 Å². The van der Waals surface area contributed by atoms with Gasteiger partial charge in [-0.25, -0.2) is 0 Å². The SMILES string of the molecule is CC(C)(C=O)CN1CCCC1C1CCCC1. The van der Waals surface area contributed by atoms with Crippen LogP contribution in [0.25, 0.3) is 0 Å². The Labute approximate surface area is 99.4 Å². The first-order valence-corrected chi connectivity index (χ1v) is 6.83. The summed E-state index contributed by atoms with van der Waals surface area (Å²) in [6.07, 6.45) is 9.50. The minimum atomic E-state index is -0.165. The molecule has 0 N–H and O–H groups in total. The van der Waals surface area contributed by atoms with E-state index >= 15 is 0 Å². The summed E-state index contributed by atoms with van der Waals surface area (Å²) in [5.74, 6) is 0.921. The summed E-state index contributed by atoms with van der Waals surface area (Å²) in [6.45, 7) is 6.28. The molecule has 1 heterocycles. The van der Waals surface area contributed by atoms with Crippen molar-refractivity contribution in [2.24, 2.45) is 11.3 Å². The number of nitrogens with zero attached hydrogens (tertiary/aromatic N) is 1. The number of hydrogen-bond donors (Lipinski definition) is 0. The fourth-order valence-electron chi connectivity index (χ4n) is 3.48. The highest BCUT2D eigenvalue weighted by Crippen LogP contribution is 2.36. The van der Waals surface area contributed by atoms with Crippen molar-refractivity contribution in [2.75, 3.05) is 13.1 Å². The van der Waals surface area contributed by atoms with Crippen LogP contribution in [0, 0.1) is 11.3 Å². The van der Waals surface area contributed by atoms with E-state index in [1.165, 1.54) is 45.1 Å². The maximum absolute atomic E-state index is 11.0. The van der Waals surface area contributed by atoms with Gasteiger partial charge >= 0.3 is 0 Å². The van der Waals surface area contributed by atoms with Gasteiger partial charge in [0.1, 0.15) is 6.29 Å². The van der Waals surface area contributed by atoms with E-state index in [1.807, 2.05) is 0 Å². The summed E-state index contributed by atoms with van der Waals surface area (Å²) in [7, 11) is 0. The largest absolute Gasteiger partial charge is 0.303 e. The Bertz CT molecular complexity index is 243. The zero-order valence-electron chi connectivity index (χ0n) is 10.7. The van der Waals surface area contributed by atoms with E-state index < -0.39 is 0 Å². The van der Waals surface area contributed by atoms with Crippen molar-refractivity contribution < 1.29 is 4.79 Å². The van der Waals surface area contributed by atoms with E-state index in [0.717, 1.165) is 24.8 Å². The third-order valence-corrected chi connectivity index (χ3v) is 4.29. The van der Waals surface area contributed by atoms with Gasteiger partial charge in [0, 0.05) is 18.0 Å². The molecular weight excluding hydrogens is 198 g/mol. The van der Waals surface area contributed by atoms with Crippen LogP contribution in [-0.4, -0.2) is 30.3 Å². The first kappa shape index (κ1) is 12.1. The second kappa shape index (κ2) is 4.87. The lowest BCUT2D eigenvalue weighted by molar-refractivity contribution is -0.115. The fourth-order valence-corrected chi connectivity index (χ4v) is 3.48. The molecule has 1 aliphatic heterocycles. The minimum absolute atomic E-state index is 0.165. The molecule has 1 aliphatic carbocycles. The second-order valence-corrected chi connectivity index (χ2v) is 6.33. The predicted molar refractivity (Wildman–Crippen MR) is 66.4 cm³/mol. The van der Waals surface area contributed by atoms with Crippen molar-refractivity contribution >= 4 is 6.29 Å². The maximum atomic E-state index is 11.0. The molecule has 2 rings (SSSR count). The van der Waals surface area contributed by atoms with E-state index in [0.29, 0.717) is 0 Å². The molecule has 0 spiro atoms. The van der Waals surface area contributed by atoms with Gasteiger partial charge in [0.2, 0.25) is 0 Å². The van der Waals surface area contributed by atoms with Gasteiger partial charge in [-0.05, 0) is 38.1 Å². The van der Waals surface area contributed by atoms with E-state index in [4.69, 9.17) is 0 Å². The van der Waals surface area contributed by atoms with Gasteiger partial charge in [-0.15, -0.1) is 0 Å². The molecular formula is C14H25NO. The molecule has 0 bridgehead atoms. The van der Waals surface area contributed by atoms with Crippen LogP contribution >= 0.6 is 0 Å². The van der Waals surface area contributed by atoms with Crippen molar-refractivity contribution in [2.45, 2.75) is 58.4 Å². The fraction of sp³-hybridized carbons (Fsp3) is 0.929. The van der Waals surface area contributed by atoms with E-state index in [1.54, 1.807) is 0 Å². The normalized spacial score (nSPS) is 28.8. The predicted octanol–water partition coefficient (Wildman–Crippen LogP) is 2.87. The summed E-state index contributed by atoms with van der Waals surface area (Å²) in [5, 5.41) is 0. The van der Waals surface area contributed by atoms with Crippen molar-refractivity contribution in [1.82, 2.24) is 4.90 Å². The third kappa shape index (κ3) is 2.65. The van der Waals surface area contributed by atoms with Crippen LogP contribution < -0.4 is 0 Å². The first-order valence-electron chi connectivity index (χ1n) is 6.83. The zero-order valence-corrected chi connectivity index (χ0v) is 10.7. The molecule has 2 heteroatoms. The first-order chi connectivity index (χ1) is 7.62. The highest BCUT2D eigenvalue weighted by Gasteiger charge is 2.35. The van der Waals surface area contributed by atoms with Crippen LogP contribution in [0.15, 0.2) is 0 Å². The van der Waals surface area contributed by atoms with Crippen LogP contribution in [0.5, 0.6) is 0 Å². The van der Waals surface area contributed by atoms with Crippen molar-refractivity contribution in [3.63, 3.8) is 0 Å². The maximum Gasteiger partial charge on any atom is 0.126 e. The van der Waals surface area contributed by atoms with Gasteiger partial charge in [-0.2, -0.15) is 0 Å². The Balaban J connectivity index is 1.95. The zero-order chi connectivity index (χ0) is 11.6. The number of hydrogen-bond acceptors (Lipinski definition) is 2. The third-order valence-electron chi connectivity index (χ3n) is 4.29. The quantitative estimate of drug-likeness (QED) is 0.683. The molecule has 2 nitrogen and oxygen atoms in total. The molecule has 0 aromatic carbocycles. The summed E-state index contributed by atoms with van der Waals surface area (Å²) >= 11 is 0. The highest BCUT2D eigenvalue weighted by atomic mass is 16.1. The van der Waals surface area contributed by atoms with Gasteiger partial charge in [0.05, 0.1) is 0 Å². The summed E-state index contributed by atoms with van der Waals surface area (Å²) in [5.41, 5.74) is -0.165. The Morgan fingerprint density at radius 1 is 1.19 bits per heavy atom. The van der Waals surface area contributed by atoms with Crippen LogP contribution in [0.4, 0.5) is 0 Å². The molecule has 1 unspecified atom stereocenters. The molecule has 1 atom stereocenters. The molecule has 0 aromatic heterocycles. The van der Waals surface area contributed by atoms with E-state index in [-0.39, 0.29) is 5.41 Å². The highest BCUT2D eigenvalue weighted by molar-refractivity contribution is 5.58. The molecule has 92 valence electrons. The van der Waals surface area contributed by atoms with Crippen LogP contribution in [-0.2, 0) is 4.79 Å². The summed E-state index contributed by atoms with van der Waals surface area (Å²) in [6, 6.07) is 0.779. The molecule has 1 saturated heterocycles. The van der Waals surface area contributed by atoms with Crippen LogP contribution in [0.3, 0.4) is 0 Å². The van der Waals surface area contributed by atoms with Crippen LogP contribution in [0.1, 0.15) is 52.4 Å². The molecule has 2 fully saturated rings. The second-order valence-electron chi connectivity index (χ2n) is 6.33. The van der Waals surface area contributed by atoms with Gasteiger partial charge in [0.15, 0.2) is 0 Å². The molecule has 0 aromatic rings. The monoisotopic (exact) mass is 223 g/mol.